The summed E-state index contributed by atoms with van der Waals surface area (Å²) in [6.45, 7) is 1.73. The highest BCUT2D eigenvalue weighted by Gasteiger charge is 2.26. The fraction of sp³-hybridized carbons (Fsp3) is 0.400. The molecule has 0 unspecified atom stereocenters. The van der Waals surface area contributed by atoms with Gasteiger partial charge in [0.2, 0.25) is 0 Å². The summed E-state index contributed by atoms with van der Waals surface area (Å²) in [7, 11) is 1.75. The third-order valence-electron chi connectivity index (χ3n) is 2.70. The van der Waals surface area contributed by atoms with Crippen LogP contribution in [-0.4, -0.2) is 41.9 Å². The van der Waals surface area contributed by atoms with Crippen LogP contribution in [0.4, 0.5) is 4.79 Å². The molecule has 92 valence electrons. The number of carbonyl (C=O) groups excluding carboxylic acids is 2. The smallest absolute Gasteiger partial charge is 0.320 e. The molecule has 1 aromatic heterocycles. The molecule has 7 heteroatoms. The molecule has 2 rings (SSSR count). The van der Waals surface area contributed by atoms with Gasteiger partial charge < -0.3 is 14.2 Å². The minimum Gasteiger partial charge on any atom is -0.467 e. The first-order chi connectivity index (χ1) is 8.11. The Kier molecular flexibility index (Phi) is 3.01. The van der Waals surface area contributed by atoms with Crippen LogP contribution in [0.25, 0.3) is 0 Å². The average Bonchev–Trinajstić information content (AvgIpc) is 2.91. The molecule has 7 nitrogen and oxygen atoms in total. The lowest BCUT2D eigenvalue weighted by atomic mass is 10.3. The number of nitrogens with one attached hydrogen (secondary N) is 1. The van der Waals surface area contributed by atoms with E-state index < -0.39 is 5.91 Å². The van der Waals surface area contributed by atoms with Crippen molar-refractivity contribution in [3.05, 3.63) is 23.7 Å². The fourth-order valence-electron chi connectivity index (χ4n) is 1.70. The Balaban J connectivity index is 2.02. The third kappa shape index (κ3) is 2.23. The lowest BCUT2D eigenvalue weighted by Gasteiger charge is -2.13. The maximum Gasteiger partial charge on any atom is 0.320 e. The number of furan rings is 1. The van der Waals surface area contributed by atoms with Gasteiger partial charge >= 0.3 is 6.03 Å². The third-order valence-corrected chi connectivity index (χ3v) is 2.70. The van der Waals surface area contributed by atoms with Gasteiger partial charge in [-0.15, -0.1) is 0 Å². The Labute approximate surface area is 98.1 Å². The van der Waals surface area contributed by atoms with Crippen molar-refractivity contribution in [2.45, 2.75) is 6.54 Å². The first-order valence-corrected chi connectivity index (χ1v) is 5.20. The van der Waals surface area contributed by atoms with E-state index in [0.29, 0.717) is 31.0 Å². The van der Waals surface area contributed by atoms with Gasteiger partial charge in [-0.05, 0) is 6.07 Å². The number of amides is 3. The summed E-state index contributed by atoms with van der Waals surface area (Å²) >= 11 is 0. The molecule has 0 aromatic carbocycles. The number of nitrogens with zero attached hydrogens (tertiary/aromatic N) is 2. The number of nitrogens with two attached hydrogens (primary N) is 1. The van der Waals surface area contributed by atoms with Crippen molar-refractivity contribution in [1.29, 1.82) is 0 Å². The monoisotopic (exact) mass is 238 g/mol. The van der Waals surface area contributed by atoms with Crippen LogP contribution in [0.2, 0.25) is 0 Å². The topological polar surface area (TPSA) is 91.8 Å². The van der Waals surface area contributed by atoms with E-state index in [4.69, 9.17) is 10.3 Å². The molecular weight excluding hydrogens is 224 g/mol. The van der Waals surface area contributed by atoms with Gasteiger partial charge in [0.1, 0.15) is 12.0 Å². The molecule has 0 aliphatic carbocycles. The Bertz CT molecular complexity index is 443. The Morgan fingerprint density at radius 1 is 1.59 bits per heavy atom. The van der Waals surface area contributed by atoms with Crippen molar-refractivity contribution in [2.24, 2.45) is 5.84 Å². The van der Waals surface area contributed by atoms with Gasteiger partial charge in [-0.25, -0.2) is 10.6 Å². The van der Waals surface area contributed by atoms with E-state index in [2.05, 4.69) is 0 Å². The normalized spacial score (nSPS) is 15.5. The lowest BCUT2D eigenvalue weighted by molar-refractivity contribution is 0.0953. The second kappa shape index (κ2) is 4.46. The molecule has 1 aliphatic rings. The van der Waals surface area contributed by atoms with Crippen LogP contribution in [0.15, 0.2) is 16.7 Å². The van der Waals surface area contributed by atoms with Crippen molar-refractivity contribution >= 4 is 11.9 Å². The highest BCUT2D eigenvalue weighted by Crippen LogP contribution is 2.14. The number of hydrogen-bond donors (Lipinski definition) is 2. The molecule has 17 heavy (non-hydrogen) atoms. The molecule has 0 saturated carbocycles. The second-order valence-corrected chi connectivity index (χ2v) is 3.90. The minimum absolute atomic E-state index is 0.0359. The molecule has 3 N–H and O–H groups in total. The summed E-state index contributed by atoms with van der Waals surface area (Å²) < 4.78 is 5.20. The molecule has 0 spiro atoms. The number of nitrogen functional groups attached to an aromatic ring is 1. The van der Waals surface area contributed by atoms with Crippen molar-refractivity contribution in [1.82, 2.24) is 15.2 Å². The van der Waals surface area contributed by atoms with E-state index in [1.165, 1.54) is 6.26 Å². The lowest BCUT2D eigenvalue weighted by Crippen LogP contribution is -2.30. The number of carbonyl (C=O) groups is 2. The van der Waals surface area contributed by atoms with Crippen LogP contribution in [0.1, 0.15) is 16.1 Å². The number of rotatable bonds is 3. The van der Waals surface area contributed by atoms with E-state index >= 15 is 0 Å². The standard InChI is InChI=1S/C10H14N4O3/c1-13-2-3-14(10(13)16)5-8-4-7(6-17-8)9(15)12-11/h4,6H,2-3,5,11H2,1H3,(H,12,15). The van der Waals surface area contributed by atoms with E-state index in [-0.39, 0.29) is 6.03 Å². The van der Waals surface area contributed by atoms with E-state index in [1.807, 2.05) is 5.43 Å². The SMILES string of the molecule is CN1CCN(Cc2cc(C(=O)NN)co2)C1=O. The highest BCUT2D eigenvalue weighted by atomic mass is 16.3. The molecule has 2 heterocycles. The van der Waals surface area contributed by atoms with E-state index in [1.54, 1.807) is 22.9 Å². The first-order valence-electron chi connectivity index (χ1n) is 5.20. The van der Waals surface area contributed by atoms with Crippen molar-refractivity contribution in [3.8, 4) is 0 Å². The van der Waals surface area contributed by atoms with Crippen molar-refractivity contribution in [3.63, 3.8) is 0 Å². The Morgan fingerprint density at radius 3 is 2.94 bits per heavy atom. The van der Waals surface area contributed by atoms with Crippen LogP contribution in [0.5, 0.6) is 0 Å². The largest absolute Gasteiger partial charge is 0.467 e. The summed E-state index contributed by atoms with van der Waals surface area (Å²) in [6, 6.07) is 1.54. The Morgan fingerprint density at radius 2 is 2.35 bits per heavy atom. The molecular formula is C10H14N4O3. The maximum absolute atomic E-state index is 11.6. The van der Waals surface area contributed by atoms with Gasteiger partial charge in [0.15, 0.2) is 0 Å². The van der Waals surface area contributed by atoms with Crippen molar-refractivity contribution in [2.75, 3.05) is 20.1 Å². The quantitative estimate of drug-likeness (QED) is 0.431. The Hall–Kier alpha value is -2.02. The molecule has 1 aliphatic heterocycles. The zero-order valence-corrected chi connectivity index (χ0v) is 9.47. The molecule has 0 atom stereocenters. The summed E-state index contributed by atoms with van der Waals surface area (Å²) in [4.78, 5) is 26.1. The summed E-state index contributed by atoms with van der Waals surface area (Å²) in [5.74, 6) is 5.15. The fourth-order valence-corrected chi connectivity index (χ4v) is 1.70. The molecule has 3 amide bonds. The van der Waals surface area contributed by atoms with E-state index in [0.717, 1.165) is 0 Å². The van der Waals surface area contributed by atoms with Gasteiger partial charge in [-0.3, -0.25) is 10.2 Å². The number of likely N-dealkylation sites (N-methyl/N-ethyl adjacent to an activating group) is 1. The van der Waals surface area contributed by atoms with Gasteiger partial charge in [0, 0.05) is 20.1 Å². The summed E-state index contributed by atoms with van der Waals surface area (Å²) in [5.41, 5.74) is 2.37. The second-order valence-electron chi connectivity index (χ2n) is 3.90. The number of hydrogen-bond acceptors (Lipinski definition) is 4. The molecule has 0 radical (unpaired) electrons. The average molecular weight is 238 g/mol. The van der Waals surface area contributed by atoms with Gasteiger partial charge in [-0.1, -0.05) is 0 Å². The molecule has 1 saturated heterocycles. The van der Waals surface area contributed by atoms with E-state index in [9.17, 15) is 9.59 Å². The summed E-state index contributed by atoms with van der Waals surface area (Å²) in [6.07, 6.45) is 1.32. The van der Waals surface area contributed by atoms with Crippen LogP contribution < -0.4 is 11.3 Å². The van der Waals surface area contributed by atoms with Gasteiger partial charge in [0.25, 0.3) is 5.91 Å². The van der Waals surface area contributed by atoms with Crippen LogP contribution >= 0.6 is 0 Å². The van der Waals surface area contributed by atoms with Gasteiger partial charge in [-0.2, -0.15) is 0 Å². The van der Waals surface area contributed by atoms with Crippen LogP contribution in [0, 0.1) is 0 Å². The predicted octanol–water partition coefficient (Wildman–Crippen LogP) is -0.249. The van der Waals surface area contributed by atoms with Gasteiger partial charge in [0.05, 0.1) is 12.1 Å². The van der Waals surface area contributed by atoms with Crippen LogP contribution in [-0.2, 0) is 6.54 Å². The first kappa shape index (κ1) is 11.5. The number of urea groups is 1. The molecule has 1 fully saturated rings. The zero-order valence-electron chi connectivity index (χ0n) is 9.47. The highest BCUT2D eigenvalue weighted by molar-refractivity contribution is 5.93. The van der Waals surface area contributed by atoms with Crippen molar-refractivity contribution < 1.29 is 14.0 Å². The summed E-state index contributed by atoms with van der Waals surface area (Å²) in [5, 5.41) is 0. The zero-order chi connectivity index (χ0) is 12.4. The predicted molar refractivity (Wildman–Crippen MR) is 58.8 cm³/mol. The number of hydrazine groups is 1. The molecule has 1 aromatic rings. The van der Waals surface area contributed by atoms with Crippen LogP contribution in [0.3, 0.4) is 0 Å². The minimum atomic E-state index is -0.412. The molecule has 0 bridgehead atoms. The maximum atomic E-state index is 11.6.